The maximum absolute atomic E-state index is 7.52. The first-order chi connectivity index (χ1) is 12.7. The monoisotopic (exact) mass is 355 g/mol. The van der Waals surface area contributed by atoms with Gasteiger partial charge in [-0.3, -0.25) is 10.4 Å². The minimum absolute atomic E-state index is 0.0469. The van der Waals surface area contributed by atoms with Crippen LogP contribution in [-0.4, -0.2) is 48.4 Å². The van der Waals surface area contributed by atoms with Crippen LogP contribution in [0.3, 0.4) is 0 Å². The van der Waals surface area contributed by atoms with Gasteiger partial charge in [0.15, 0.2) is 6.10 Å². The summed E-state index contributed by atoms with van der Waals surface area (Å²) in [5, 5.41) is 7.52. The SMILES string of the molecule is N=C(N)c1cccc(CO[C@H]2CO[C@H]3[C@@H]2OC[C@H]3Oc2cccnc2)c1. The lowest BCUT2D eigenvalue weighted by Gasteiger charge is -2.18. The van der Waals surface area contributed by atoms with Crippen LogP contribution in [0.25, 0.3) is 0 Å². The zero-order chi connectivity index (χ0) is 17.9. The Labute approximate surface area is 151 Å². The van der Waals surface area contributed by atoms with E-state index in [2.05, 4.69) is 4.98 Å². The van der Waals surface area contributed by atoms with Gasteiger partial charge in [0.2, 0.25) is 0 Å². The van der Waals surface area contributed by atoms with E-state index in [-0.39, 0.29) is 30.3 Å². The van der Waals surface area contributed by atoms with Gasteiger partial charge < -0.3 is 24.7 Å². The predicted octanol–water partition coefficient (Wildman–Crippen LogP) is 1.50. The summed E-state index contributed by atoms with van der Waals surface area (Å²) < 4.78 is 23.7. The summed E-state index contributed by atoms with van der Waals surface area (Å²) in [6.07, 6.45) is 2.77. The van der Waals surface area contributed by atoms with Gasteiger partial charge in [-0.15, -0.1) is 0 Å². The molecule has 2 fully saturated rings. The zero-order valence-electron chi connectivity index (χ0n) is 14.2. The Morgan fingerprint density at radius 1 is 1.15 bits per heavy atom. The molecule has 7 nitrogen and oxygen atoms in total. The standard InChI is InChI=1S/C19H21N3O4/c20-19(21)13-4-1-3-12(7-13)9-23-15-10-24-18-16(11-25-17(15)18)26-14-5-2-6-22-8-14/h1-8,15-18H,9-11H2,(H3,20,21)/t15-,16+,17+,18+/m0/s1. The Kier molecular flexibility index (Phi) is 4.83. The van der Waals surface area contributed by atoms with Crippen molar-refractivity contribution in [2.24, 2.45) is 5.73 Å². The molecule has 2 saturated heterocycles. The smallest absolute Gasteiger partial charge is 0.151 e. The van der Waals surface area contributed by atoms with Gasteiger partial charge in [0, 0.05) is 11.8 Å². The van der Waals surface area contributed by atoms with Gasteiger partial charge in [-0.1, -0.05) is 18.2 Å². The third-order valence-electron chi connectivity index (χ3n) is 4.59. The summed E-state index contributed by atoms with van der Waals surface area (Å²) >= 11 is 0. The van der Waals surface area contributed by atoms with E-state index in [0.717, 1.165) is 5.56 Å². The van der Waals surface area contributed by atoms with Crippen LogP contribution in [0.1, 0.15) is 11.1 Å². The molecule has 0 unspecified atom stereocenters. The zero-order valence-corrected chi connectivity index (χ0v) is 14.2. The van der Waals surface area contributed by atoms with Gasteiger partial charge in [0.25, 0.3) is 0 Å². The van der Waals surface area contributed by atoms with Crippen molar-refractivity contribution in [2.45, 2.75) is 31.0 Å². The molecule has 1 aromatic carbocycles. The van der Waals surface area contributed by atoms with Gasteiger partial charge in [-0.25, -0.2) is 0 Å². The highest BCUT2D eigenvalue weighted by Gasteiger charge is 2.49. The molecule has 26 heavy (non-hydrogen) atoms. The molecule has 2 aliphatic heterocycles. The second kappa shape index (κ2) is 7.41. The molecule has 136 valence electrons. The summed E-state index contributed by atoms with van der Waals surface area (Å²) in [6, 6.07) is 11.2. The van der Waals surface area contributed by atoms with Crippen molar-refractivity contribution in [3.05, 3.63) is 59.9 Å². The van der Waals surface area contributed by atoms with E-state index in [1.54, 1.807) is 18.5 Å². The van der Waals surface area contributed by atoms with E-state index in [0.29, 0.717) is 31.1 Å². The van der Waals surface area contributed by atoms with Crippen LogP contribution in [0.15, 0.2) is 48.8 Å². The number of amidine groups is 1. The van der Waals surface area contributed by atoms with E-state index in [4.69, 9.17) is 30.1 Å². The number of rotatable bonds is 6. The fourth-order valence-electron chi connectivity index (χ4n) is 3.30. The van der Waals surface area contributed by atoms with Gasteiger partial charge in [-0.2, -0.15) is 0 Å². The lowest BCUT2D eigenvalue weighted by Crippen LogP contribution is -2.35. The average molecular weight is 355 g/mol. The van der Waals surface area contributed by atoms with Crippen LogP contribution < -0.4 is 10.5 Å². The largest absolute Gasteiger partial charge is 0.484 e. The van der Waals surface area contributed by atoms with E-state index < -0.39 is 0 Å². The Hall–Kier alpha value is -2.48. The number of benzene rings is 1. The number of pyridine rings is 1. The van der Waals surface area contributed by atoms with Crippen molar-refractivity contribution >= 4 is 5.84 Å². The predicted molar refractivity (Wildman–Crippen MR) is 94.2 cm³/mol. The number of nitrogens with zero attached hydrogens (tertiary/aromatic N) is 1. The molecule has 3 heterocycles. The minimum atomic E-state index is -0.168. The van der Waals surface area contributed by atoms with Crippen molar-refractivity contribution in [2.75, 3.05) is 13.2 Å². The fourth-order valence-corrected chi connectivity index (χ4v) is 3.30. The maximum Gasteiger partial charge on any atom is 0.151 e. The van der Waals surface area contributed by atoms with E-state index in [1.165, 1.54) is 0 Å². The number of hydrogen-bond donors (Lipinski definition) is 2. The molecule has 0 amide bonds. The highest BCUT2D eigenvalue weighted by atomic mass is 16.6. The summed E-state index contributed by atoms with van der Waals surface area (Å²) in [7, 11) is 0. The maximum atomic E-state index is 7.52. The molecule has 2 aliphatic rings. The van der Waals surface area contributed by atoms with Crippen molar-refractivity contribution in [3.63, 3.8) is 0 Å². The average Bonchev–Trinajstić information content (AvgIpc) is 3.24. The van der Waals surface area contributed by atoms with Crippen LogP contribution in [0.4, 0.5) is 0 Å². The van der Waals surface area contributed by atoms with Gasteiger partial charge >= 0.3 is 0 Å². The summed E-state index contributed by atoms with van der Waals surface area (Å²) in [6.45, 7) is 1.34. The number of nitrogen functional groups attached to an aromatic ring is 1. The quantitative estimate of drug-likeness (QED) is 0.602. The van der Waals surface area contributed by atoms with Gasteiger partial charge in [0.1, 0.15) is 29.9 Å². The molecule has 0 radical (unpaired) electrons. The third-order valence-corrected chi connectivity index (χ3v) is 4.59. The summed E-state index contributed by atoms with van der Waals surface area (Å²) in [4.78, 5) is 4.05. The number of nitrogens with two attached hydrogens (primary N) is 1. The summed E-state index contributed by atoms with van der Waals surface area (Å²) in [5.74, 6) is 0.751. The van der Waals surface area contributed by atoms with E-state index >= 15 is 0 Å². The number of aromatic nitrogens is 1. The van der Waals surface area contributed by atoms with Crippen LogP contribution in [-0.2, 0) is 20.8 Å². The third kappa shape index (κ3) is 3.55. The first-order valence-corrected chi connectivity index (χ1v) is 8.55. The Bertz CT molecular complexity index is 770. The number of ether oxygens (including phenoxy) is 4. The molecule has 0 aliphatic carbocycles. The highest BCUT2D eigenvalue weighted by molar-refractivity contribution is 5.95. The van der Waals surface area contributed by atoms with Crippen molar-refractivity contribution in [3.8, 4) is 5.75 Å². The molecule has 0 bridgehead atoms. The highest BCUT2D eigenvalue weighted by Crippen LogP contribution is 2.31. The molecular weight excluding hydrogens is 334 g/mol. The van der Waals surface area contributed by atoms with Crippen molar-refractivity contribution in [1.29, 1.82) is 5.41 Å². The molecule has 0 saturated carbocycles. The normalized spacial score (nSPS) is 27.2. The molecule has 7 heteroatoms. The number of fused-ring (bicyclic) bond motifs is 1. The first kappa shape index (κ1) is 17.0. The number of hydrogen-bond acceptors (Lipinski definition) is 6. The molecule has 3 N–H and O–H groups in total. The first-order valence-electron chi connectivity index (χ1n) is 8.55. The minimum Gasteiger partial charge on any atom is -0.484 e. The fraction of sp³-hybridized carbons (Fsp3) is 0.368. The Morgan fingerprint density at radius 3 is 2.73 bits per heavy atom. The molecule has 0 spiro atoms. The van der Waals surface area contributed by atoms with Crippen LogP contribution in [0, 0.1) is 5.41 Å². The topological polar surface area (TPSA) is 99.7 Å². The molecule has 2 aromatic rings. The summed E-state index contributed by atoms with van der Waals surface area (Å²) in [5.41, 5.74) is 7.18. The number of nitrogens with one attached hydrogen (secondary N) is 1. The Morgan fingerprint density at radius 2 is 1.96 bits per heavy atom. The van der Waals surface area contributed by atoms with Crippen LogP contribution >= 0.6 is 0 Å². The molecule has 4 atom stereocenters. The van der Waals surface area contributed by atoms with Gasteiger partial charge in [0.05, 0.1) is 26.0 Å². The lowest BCUT2D eigenvalue weighted by atomic mass is 10.1. The molecular formula is C19H21N3O4. The lowest BCUT2D eigenvalue weighted by molar-refractivity contribution is -0.0426. The molecule has 1 aromatic heterocycles. The Balaban J connectivity index is 1.34. The van der Waals surface area contributed by atoms with Crippen molar-refractivity contribution in [1.82, 2.24) is 4.98 Å². The van der Waals surface area contributed by atoms with Gasteiger partial charge in [-0.05, 0) is 23.8 Å². The second-order valence-electron chi connectivity index (χ2n) is 6.40. The molecule has 4 rings (SSSR count). The van der Waals surface area contributed by atoms with E-state index in [9.17, 15) is 0 Å². The van der Waals surface area contributed by atoms with Crippen LogP contribution in [0.5, 0.6) is 5.75 Å². The van der Waals surface area contributed by atoms with E-state index in [1.807, 2.05) is 30.3 Å². The van der Waals surface area contributed by atoms with Crippen LogP contribution in [0.2, 0.25) is 0 Å². The van der Waals surface area contributed by atoms with Crippen molar-refractivity contribution < 1.29 is 18.9 Å². The second-order valence-corrected chi connectivity index (χ2v) is 6.40.